The van der Waals surface area contributed by atoms with Crippen molar-refractivity contribution in [1.82, 2.24) is 9.97 Å². The Bertz CT molecular complexity index is 957. The van der Waals surface area contributed by atoms with Crippen LogP contribution >= 0.6 is 11.8 Å². The number of halogens is 1. The quantitative estimate of drug-likeness (QED) is 0.390. The van der Waals surface area contributed by atoms with E-state index in [1.165, 1.54) is 12.1 Å². The number of thioether (sulfide) groups is 1. The Labute approximate surface area is 190 Å². The van der Waals surface area contributed by atoms with Gasteiger partial charge in [-0.3, -0.25) is 9.97 Å². The molecule has 2 heterocycles. The fourth-order valence-electron chi connectivity index (χ4n) is 3.52. The summed E-state index contributed by atoms with van der Waals surface area (Å²) in [7, 11) is 0. The van der Waals surface area contributed by atoms with Gasteiger partial charge in [0.2, 0.25) is 0 Å². The molecule has 0 amide bonds. The number of benzene rings is 1. The summed E-state index contributed by atoms with van der Waals surface area (Å²) in [4.78, 5) is 10.2. The molecular formula is C26H33FN2OS. The van der Waals surface area contributed by atoms with Gasteiger partial charge in [0.05, 0.1) is 6.61 Å². The highest BCUT2D eigenvalue weighted by Crippen LogP contribution is 2.39. The average molecular weight is 441 g/mol. The minimum absolute atomic E-state index is 0.0987. The van der Waals surface area contributed by atoms with Crippen molar-refractivity contribution in [2.45, 2.75) is 70.6 Å². The van der Waals surface area contributed by atoms with Crippen molar-refractivity contribution in [1.29, 1.82) is 0 Å². The van der Waals surface area contributed by atoms with E-state index in [1.807, 2.05) is 26.0 Å². The lowest BCUT2D eigenvalue weighted by Crippen LogP contribution is -2.12. The summed E-state index contributed by atoms with van der Waals surface area (Å²) in [6.07, 6.45) is 3.57. The van der Waals surface area contributed by atoms with Crippen molar-refractivity contribution in [3.05, 3.63) is 77.1 Å². The first-order chi connectivity index (χ1) is 14.9. The second-order valence-electron chi connectivity index (χ2n) is 7.66. The summed E-state index contributed by atoms with van der Waals surface area (Å²) in [5.41, 5.74) is 5.77. The molecule has 0 bridgehead atoms. The molecule has 1 N–H and O–H groups in total. The van der Waals surface area contributed by atoms with Crippen LogP contribution in [0.4, 0.5) is 4.39 Å². The number of rotatable bonds is 7. The number of hydrogen-bond donors (Lipinski definition) is 1. The molecule has 0 saturated carbocycles. The minimum atomic E-state index is -0.269. The highest BCUT2D eigenvalue weighted by atomic mass is 32.2. The molecule has 0 saturated heterocycles. The third-order valence-corrected chi connectivity index (χ3v) is 5.92. The van der Waals surface area contributed by atoms with Crippen molar-refractivity contribution in [2.24, 2.45) is 0 Å². The molecule has 0 aliphatic carbocycles. The second kappa shape index (κ2) is 12.0. The first-order valence-electron chi connectivity index (χ1n) is 10.9. The Balaban J connectivity index is 0.00000166. The molecule has 0 fully saturated rings. The van der Waals surface area contributed by atoms with Crippen LogP contribution < -0.4 is 0 Å². The molecule has 0 aliphatic rings. The molecule has 5 heteroatoms. The first kappa shape index (κ1) is 25.0. The van der Waals surface area contributed by atoms with Gasteiger partial charge in [-0.25, -0.2) is 4.39 Å². The molecular weight excluding hydrogens is 407 g/mol. The minimum Gasteiger partial charge on any atom is -0.392 e. The van der Waals surface area contributed by atoms with E-state index in [4.69, 9.17) is 4.98 Å². The van der Waals surface area contributed by atoms with Gasteiger partial charge < -0.3 is 5.11 Å². The molecule has 2 aromatic heterocycles. The molecule has 0 aliphatic heterocycles. The van der Waals surface area contributed by atoms with E-state index in [0.717, 1.165) is 38.5 Å². The van der Waals surface area contributed by atoms with E-state index >= 15 is 0 Å². The Morgan fingerprint density at radius 2 is 1.42 bits per heavy atom. The molecule has 166 valence electrons. The molecule has 0 atom stereocenters. The van der Waals surface area contributed by atoms with Gasteiger partial charge in [-0.15, -0.1) is 11.8 Å². The lowest BCUT2D eigenvalue weighted by atomic mass is 9.88. The molecule has 1 aromatic carbocycles. The molecule has 0 spiro atoms. The summed E-state index contributed by atoms with van der Waals surface area (Å²) >= 11 is 1.71. The molecule has 31 heavy (non-hydrogen) atoms. The normalized spacial score (nSPS) is 10.9. The van der Waals surface area contributed by atoms with Gasteiger partial charge in [0, 0.05) is 40.0 Å². The molecule has 3 aromatic rings. The van der Waals surface area contributed by atoms with Crippen LogP contribution in [0.2, 0.25) is 0 Å². The summed E-state index contributed by atoms with van der Waals surface area (Å²) in [6, 6.07) is 10.5. The molecule has 0 unspecified atom stereocenters. The molecule has 3 rings (SSSR count). The Kier molecular flexibility index (Phi) is 9.66. The lowest BCUT2D eigenvalue weighted by molar-refractivity contribution is 0.279. The third-order valence-electron chi connectivity index (χ3n) is 4.88. The number of aliphatic hydroxyl groups is 1. The van der Waals surface area contributed by atoms with Crippen LogP contribution in [-0.4, -0.2) is 15.1 Å². The first-order valence-corrected chi connectivity index (χ1v) is 11.9. The van der Waals surface area contributed by atoms with E-state index in [2.05, 4.69) is 32.7 Å². The highest BCUT2D eigenvalue weighted by molar-refractivity contribution is 7.98. The second-order valence-corrected chi connectivity index (χ2v) is 8.71. The van der Waals surface area contributed by atoms with Crippen molar-refractivity contribution >= 4 is 11.8 Å². The van der Waals surface area contributed by atoms with Crippen molar-refractivity contribution in [3.8, 4) is 11.1 Å². The van der Waals surface area contributed by atoms with Crippen LogP contribution in [0.1, 0.15) is 75.9 Å². The van der Waals surface area contributed by atoms with Crippen LogP contribution in [0, 0.1) is 5.82 Å². The predicted molar refractivity (Wildman–Crippen MR) is 129 cm³/mol. The summed E-state index contributed by atoms with van der Waals surface area (Å²) in [5.74, 6) is 0.847. The van der Waals surface area contributed by atoms with E-state index in [-0.39, 0.29) is 24.3 Å². The highest BCUT2D eigenvalue weighted by Gasteiger charge is 2.23. The molecule has 3 nitrogen and oxygen atoms in total. The van der Waals surface area contributed by atoms with Gasteiger partial charge in [0.15, 0.2) is 0 Å². The van der Waals surface area contributed by atoms with Gasteiger partial charge >= 0.3 is 0 Å². The Morgan fingerprint density at radius 3 is 1.94 bits per heavy atom. The number of aliphatic hydroxyl groups excluding tert-OH is 1. The van der Waals surface area contributed by atoms with Gasteiger partial charge in [-0.2, -0.15) is 0 Å². The summed E-state index contributed by atoms with van der Waals surface area (Å²) < 4.78 is 13.6. The van der Waals surface area contributed by atoms with Crippen LogP contribution in [0.3, 0.4) is 0 Å². The van der Waals surface area contributed by atoms with E-state index in [1.54, 1.807) is 36.3 Å². The third kappa shape index (κ3) is 6.14. The largest absolute Gasteiger partial charge is 0.392 e. The van der Waals surface area contributed by atoms with Gasteiger partial charge in [-0.05, 0) is 52.8 Å². The van der Waals surface area contributed by atoms with E-state index in [0.29, 0.717) is 5.75 Å². The zero-order chi connectivity index (χ0) is 23.0. The Hall–Kier alpha value is -2.24. The van der Waals surface area contributed by atoms with Crippen molar-refractivity contribution in [3.63, 3.8) is 0 Å². The topological polar surface area (TPSA) is 46.0 Å². The maximum absolute atomic E-state index is 13.6. The molecule has 0 radical (unpaired) electrons. The zero-order valence-electron chi connectivity index (χ0n) is 19.3. The monoisotopic (exact) mass is 440 g/mol. The average Bonchev–Trinajstić information content (AvgIpc) is 2.79. The number of nitrogens with zero attached hydrogens (tertiary/aromatic N) is 2. The van der Waals surface area contributed by atoms with Crippen molar-refractivity contribution in [2.75, 3.05) is 0 Å². The zero-order valence-corrected chi connectivity index (χ0v) is 20.1. The fourth-order valence-corrected chi connectivity index (χ4v) is 4.44. The Morgan fingerprint density at radius 1 is 0.871 bits per heavy atom. The van der Waals surface area contributed by atoms with Crippen LogP contribution in [0.5, 0.6) is 0 Å². The standard InChI is InChI=1S/C24H27FN2OS.C2H6/c1-15(2)23-20(13-28)22(17-5-7-18(25)8-6-17)21(24(27-23)16(3)4)14-29-19-9-11-26-12-10-19;1-2/h5-12,15-16,28H,13-14H2,1-4H3;1-2H3. The van der Waals surface area contributed by atoms with Crippen LogP contribution in [-0.2, 0) is 12.4 Å². The SMILES string of the molecule is CC.CC(C)c1nc(C(C)C)c(CSc2ccncc2)c(-c2ccc(F)cc2)c1CO. The van der Waals surface area contributed by atoms with E-state index in [9.17, 15) is 9.50 Å². The van der Waals surface area contributed by atoms with Crippen LogP contribution in [0.25, 0.3) is 11.1 Å². The summed E-state index contributed by atoms with van der Waals surface area (Å²) in [6.45, 7) is 12.4. The lowest BCUT2D eigenvalue weighted by Gasteiger charge is -2.24. The number of pyridine rings is 2. The fraction of sp³-hybridized carbons (Fsp3) is 0.385. The maximum Gasteiger partial charge on any atom is 0.123 e. The number of aromatic nitrogens is 2. The van der Waals surface area contributed by atoms with Gasteiger partial charge in [0.1, 0.15) is 5.82 Å². The van der Waals surface area contributed by atoms with Crippen LogP contribution in [0.15, 0.2) is 53.7 Å². The smallest absolute Gasteiger partial charge is 0.123 e. The number of hydrogen-bond acceptors (Lipinski definition) is 4. The summed E-state index contributed by atoms with van der Waals surface area (Å²) in [5, 5.41) is 10.3. The van der Waals surface area contributed by atoms with Gasteiger partial charge in [-0.1, -0.05) is 53.7 Å². The van der Waals surface area contributed by atoms with E-state index < -0.39 is 0 Å². The maximum atomic E-state index is 13.6. The van der Waals surface area contributed by atoms with Gasteiger partial charge in [0.25, 0.3) is 0 Å². The van der Waals surface area contributed by atoms with Crippen molar-refractivity contribution < 1.29 is 9.50 Å². The predicted octanol–water partition coefficient (Wildman–Crippen LogP) is 7.34.